The average Bonchev–Trinajstić information content (AvgIpc) is 2.47. The number of fused-ring (bicyclic) bond motifs is 1. The van der Waals surface area contributed by atoms with Gasteiger partial charge in [-0.15, -0.1) is 0 Å². The summed E-state index contributed by atoms with van der Waals surface area (Å²) in [7, 11) is 1.46. The maximum atomic E-state index is 11.1. The molecule has 0 N–H and O–H groups in total. The van der Waals surface area contributed by atoms with Crippen molar-refractivity contribution in [1.82, 2.24) is 4.98 Å². The Labute approximate surface area is 126 Å². The second-order valence-corrected chi connectivity index (χ2v) is 6.95. The third kappa shape index (κ3) is 3.15. The van der Waals surface area contributed by atoms with Gasteiger partial charge in [-0.3, -0.25) is 0 Å². The van der Waals surface area contributed by atoms with E-state index in [0.717, 1.165) is 10.8 Å². The molecule has 0 saturated heterocycles. The third-order valence-corrected chi connectivity index (χ3v) is 4.27. The summed E-state index contributed by atoms with van der Waals surface area (Å²) in [6.45, 7) is 0. The van der Waals surface area contributed by atoms with Crippen LogP contribution in [0.2, 0.25) is 0 Å². The number of ether oxygens (including phenoxy) is 1. The smallest absolute Gasteiger partial charge is 0.262 e. The van der Waals surface area contributed by atoms with Gasteiger partial charge in [0.25, 0.3) is 9.05 Å². The fraction of sp³-hybridized carbons (Fsp3) is 0. The van der Waals surface area contributed by atoms with E-state index < -0.39 is 9.05 Å². The SMILES string of the molecule is O=S(=O)(Cl)c1ccc(Oc2ccc3ccccc3c2)nc1. The van der Waals surface area contributed by atoms with Gasteiger partial charge in [-0.05, 0) is 29.0 Å². The minimum atomic E-state index is -3.77. The van der Waals surface area contributed by atoms with E-state index in [4.69, 9.17) is 15.4 Å². The first-order valence-corrected chi connectivity index (χ1v) is 8.41. The van der Waals surface area contributed by atoms with E-state index in [9.17, 15) is 8.42 Å². The number of nitrogens with zero attached hydrogens (tertiary/aromatic N) is 1. The molecule has 6 heteroatoms. The fourth-order valence-electron chi connectivity index (χ4n) is 1.92. The third-order valence-electron chi connectivity index (χ3n) is 2.93. The van der Waals surface area contributed by atoms with E-state index in [1.54, 1.807) is 0 Å². The number of hydrogen-bond acceptors (Lipinski definition) is 4. The largest absolute Gasteiger partial charge is 0.439 e. The van der Waals surface area contributed by atoms with Crippen LogP contribution in [0.25, 0.3) is 10.8 Å². The summed E-state index contributed by atoms with van der Waals surface area (Å²) in [6.07, 6.45) is 1.17. The van der Waals surface area contributed by atoms with E-state index >= 15 is 0 Å². The van der Waals surface area contributed by atoms with Crippen LogP contribution in [-0.4, -0.2) is 13.4 Å². The van der Waals surface area contributed by atoms with Crippen molar-refractivity contribution in [3.05, 3.63) is 60.8 Å². The summed E-state index contributed by atoms with van der Waals surface area (Å²) < 4.78 is 27.9. The van der Waals surface area contributed by atoms with Gasteiger partial charge >= 0.3 is 0 Å². The Balaban J connectivity index is 1.88. The molecule has 0 fully saturated rings. The maximum absolute atomic E-state index is 11.1. The Kier molecular flexibility index (Phi) is 3.53. The van der Waals surface area contributed by atoms with Crippen LogP contribution < -0.4 is 4.74 Å². The lowest BCUT2D eigenvalue weighted by Gasteiger charge is -2.06. The van der Waals surface area contributed by atoms with Crippen LogP contribution >= 0.6 is 10.7 Å². The second-order valence-electron chi connectivity index (χ2n) is 4.38. The van der Waals surface area contributed by atoms with Crippen molar-refractivity contribution >= 4 is 30.5 Å². The van der Waals surface area contributed by atoms with Crippen molar-refractivity contribution in [2.75, 3.05) is 0 Å². The van der Waals surface area contributed by atoms with Crippen LogP contribution in [0.5, 0.6) is 11.6 Å². The quantitative estimate of drug-likeness (QED) is 0.686. The molecule has 0 spiro atoms. The van der Waals surface area contributed by atoms with Crippen molar-refractivity contribution in [1.29, 1.82) is 0 Å². The van der Waals surface area contributed by atoms with Gasteiger partial charge in [-0.1, -0.05) is 30.3 Å². The molecule has 0 bridgehead atoms. The van der Waals surface area contributed by atoms with Gasteiger partial charge in [-0.2, -0.15) is 0 Å². The highest BCUT2D eigenvalue weighted by atomic mass is 35.7. The molecule has 0 aliphatic rings. The molecule has 0 aliphatic heterocycles. The van der Waals surface area contributed by atoms with Gasteiger partial charge in [0, 0.05) is 16.7 Å². The lowest BCUT2D eigenvalue weighted by Crippen LogP contribution is -1.93. The predicted octanol–water partition coefficient (Wildman–Crippen LogP) is 3.95. The van der Waals surface area contributed by atoms with Gasteiger partial charge < -0.3 is 4.74 Å². The van der Waals surface area contributed by atoms with Crippen molar-refractivity contribution in [3.8, 4) is 11.6 Å². The first kappa shape index (κ1) is 13.9. The zero-order chi connectivity index (χ0) is 14.9. The summed E-state index contributed by atoms with van der Waals surface area (Å²) in [6, 6.07) is 16.4. The molecular formula is C15H10ClNO3S. The maximum Gasteiger partial charge on any atom is 0.262 e. The molecule has 21 heavy (non-hydrogen) atoms. The van der Waals surface area contributed by atoms with Gasteiger partial charge in [0.1, 0.15) is 10.6 Å². The van der Waals surface area contributed by atoms with Crippen molar-refractivity contribution in [2.24, 2.45) is 0 Å². The first-order valence-electron chi connectivity index (χ1n) is 6.10. The Morgan fingerprint density at radius 3 is 2.38 bits per heavy atom. The molecule has 1 heterocycles. The van der Waals surface area contributed by atoms with Crippen LogP contribution in [-0.2, 0) is 9.05 Å². The van der Waals surface area contributed by atoms with E-state index in [1.165, 1.54) is 18.3 Å². The number of halogens is 1. The molecule has 0 unspecified atom stereocenters. The van der Waals surface area contributed by atoms with Crippen molar-refractivity contribution in [2.45, 2.75) is 4.90 Å². The normalized spacial score (nSPS) is 11.5. The summed E-state index contributed by atoms with van der Waals surface area (Å²) in [5, 5.41) is 2.16. The molecule has 4 nitrogen and oxygen atoms in total. The summed E-state index contributed by atoms with van der Waals surface area (Å²) >= 11 is 0. The Hall–Kier alpha value is -2.11. The molecule has 3 rings (SSSR count). The van der Waals surface area contributed by atoms with Gasteiger partial charge in [0.05, 0.1) is 6.20 Å². The van der Waals surface area contributed by atoms with Crippen molar-refractivity contribution in [3.63, 3.8) is 0 Å². The summed E-state index contributed by atoms with van der Waals surface area (Å²) in [5.41, 5.74) is 0. The Morgan fingerprint density at radius 2 is 1.71 bits per heavy atom. The Morgan fingerprint density at radius 1 is 0.952 bits per heavy atom. The molecule has 1 aromatic heterocycles. The molecule has 0 aliphatic carbocycles. The molecule has 0 atom stereocenters. The van der Waals surface area contributed by atoms with E-state index in [1.807, 2.05) is 42.5 Å². The highest BCUT2D eigenvalue weighted by Gasteiger charge is 2.10. The summed E-state index contributed by atoms with van der Waals surface area (Å²) in [5.74, 6) is 0.928. The van der Waals surface area contributed by atoms with E-state index in [0.29, 0.717) is 11.6 Å². The van der Waals surface area contributed by atoms with Gasteiger partial charge in [0.15, 0.2) is 0 Å². The number of benzene rings is 2. The van der Waals surface area contributed by atoms with E-state index in [2.05, 4.69) is 4.98 Å². The second kappa shape index (κ2) is 5.35. The van der Waals surface area contributed by atoms with Crippen LogP contribution in [0.4, 0.5) is 0 Å². The number of rotatable bonds is 3. The fourth-order valence-corrected chi connectivity index (χ4v) is 2.61. The molecule has 0 saturated carbocycles. The van der Waals surface area contributed by atoms with Crippen LogP contribution in [0, 0.1) is 0 Å². The molecule has 0 radical (unpaired) electrons. The first-order chi connectivity index (χ1) is 10.0. The van der Waals surface area contributed by atoms with Crippen LogP contribution in [0.15, 0.2) is 65.7 Å². The molecule has 106 valence electrons. The number of hydrogen-bond donors (Lipinski definition) is 0. The zero-order valence-corrected chi connectivity index (χ0v) is 12.3. The lowest BCUT2D eigenvalue weighted by molar-refractivity contribution is 0.462. The van der Waals surface area contributed by atoms with Crippen LogP contribution in [0.3, 0.4) is 0 Å². The minimum absolute atomic E-state index is 0.0602. The lowest BCUT2D eigenvalue weighted by atomic mass is 10.1. The zero-order valence-electron chi connectivity index (χ0n) is 10.7. The number of aromatic nitrogens is 1. The average molecular weight is 320 g/mol. The van der Waals surface area contributed by atoms with Crippen molar-refractivity contribution < 1.29 is 13.2 Å². The number of pyridine rings is 1. The highest BCUT2D eigenvalue weighted by molar-refractivity contribution is 8.13. The molecule has 2 aromatic carbocycles. The van der Waals surface area contributed by atoms with Crippen LogP contribution in [0.1, 0.15) is 0 Å². The Bertz CT molecular complexity index is 892. The predicted molar refractivity (Wildman–Crippen MR) is 81.3 cm³/mol. The monoisotopic (exact) mass is 319 g/mol. The molecular weight excluding hydrogens is 310 g/mol. The standard InChI is InChI=1S/C15H10ClNO3S/c16-21(18,19)14-7-8-15(17-10-14)20-13-6-5-11-3-1-2-4-12(11)9-13/h1-10H. The molecule has 0 amide bonds. The van der Waals surface area contributed by atoms with E-state index in [-0.39, 0.29) is 4.90 Å². The minimum Gasteiger partial charge on any atom is -0.439 e. The topological polar surface area (TPSA) is 56.3 Å². The summed E-state index contributed by atoms with van der Waals surface area (Å²) in [4.78, 5) is 3.87. The van der Waals surface area contributed by atoms with Gasteiger partial charge in [0.2, 0.25) is 5.88 Å². The highest BCUT2D eigenvalue weighted by Crippen LogP contribution is 2.25. The van der Waals surface area contributed by atoms with Gasteiger partial charge in [-0.25, -0.2) is 13.4 Å². The molecule has 3 aromatic rings.